The maximum Gasteiger partial charge on any atom is 0.0594 e. The molecule has 2 nitrogen and oxygen atoms in total. The van der Waals surface area contributed by atoms with Gasteiger partial charge in [-0.3, -0.25) is 0 Å². The first kappa shape index (κ1) is 44.8. The Kier molecular flexibility index (Phi) is 9.45. The fraction of sp³-hybridized carbons (Fsp3) is 0.362. The van der Waals surface area contributed by atoms with E-state index < -0.39 is 0 Å². The van der Waals surface area contributed by atoms with Crippen molar-refractivity contribution in [1.29, 1.82) is 0 Å². The monoisotopic (exact) mass is 929 g/mol. The summed E-state index contributed by atoms with van der Waals surface area (Å²) in [6, 6.07) is 61.6. The molecule has 2 heterocycles. The van der Waals surface area contributed by atoms with E-state index >= 15 is 0 Å². The van der Waals surface area contributed by atoms with Crippen LogP contribution in [0.25, 0.3) is 54.9 Å². The molecule has 2 fully saturated rings. The van der Waals surface area contributed by atoms with Crippen molar-refractivity contribution in [1.82, 2.24) is 0 Å². The molecular weight excluding hydrogens is 857 g/mol. The van der Waals surface area contributed by atoms with E-state index in [1.807, 2.05) is 0 Å². The predicted octanol–water partition coefficient (Wildman–Crippen LogP) is 19.2. The summed E-state index contributed by atoms with van der Waals surface area (Å²) in [5.41, 5.74) is 19.2. The standard InChI is InChI=1S/C69H72N2/c1-63(2,3)68-39-21-19-37-66(68,9)57-43-47(31-35-59(57)70(68)49-23-13-11-14-24-49)45-29-33-53-55(41-45)51-27-17-18-28-52(51)61-54-34-30-46(42-56(54)65(7,8)62(53)61)48-32-36-60-58(44-48)67(10)38-20-22-40-69(67,64(4,5)6)71(60)50-25-15-12-16-26-50/h11-18,23-36,41-44H,19-22,37-40H2,1-10H3. The Bertz CT molecular complexity index is 3480. The zero-order valence-corrected chi connectivity index (χ0v) is 44.1. The number of nitrogens with zero attached hydrogens (tertiary/aromatic N) is 2. The van der Waals surface area contributed by atoms with Gasteiger partial charge >= 0.3 is 0 Å². The molecule has 0 bridgehead atoms. The molecule has 3 aliphatic carbocycles. The third-order valence-corrected chi connectivity index (χ3v) is 20.0. The van der Waals surface area contributed by atoms with Gasteiger partial charge in [0.05, 0.1) is 11.1 Å². The third-order valence-electron chi connectivity index (χ3n) is 20.0. The van der Waals surface area contributed by atoms with Crippen LogP contribution in [0.3, 0.4) is 0 Å². The van der Waals surface area contributed by atoms with Gasteiger partial charge in [-0.05, 0) is 174 Å². The minimum absolute atomic E-state index is 0.0108. The van der Waals surface area contributed by atoms with E-state index in [1.165, 1.54) is 151 Å². The number of rotatable bonds is 4. The first-order valence-electron chi connectivity index (χ1n) is 27.1. The topological polar surface area (TPSA) is 6.48 Å². The van der Waals surface area contributed by atoms with Crippen molar-refractivity contribution >= 4 is 44.3 Å². The van der Waals surface area contributed by atoms with Crippen LogP contribution in [0.2, 0.25) is 0 Å². The Balaban J connectivity index is 0.932. The van der Waals surface area contributed by atoms with Crippen LogP contribution < -0.4 is 9.80 Å². The smallest absolute Gasteiger partial charge is 0.0594 e. The normalized spacial score (nSPS) is 25.2. The molecule has 71 heavy (non-hydrogen) atoms. The molecule has 2 heteroatoms. The van der Waals surface area contributed by atoms with E-state index in [-0.39, 0.29) is 38.2 Å². The highest BCUT2D eigenvalue weighted by Gasteiger charge is 2.66. The average Bonchev–Trinajstić information content (AvgIpc) is 3.87. The van der Waals surface area contributed by atoms with Gasteiger partial charge in [-0.15, -0.1) is 0 Å². The Hall–Kier alpha value is -6.12. The van der Waals surface area contributed by atoms with Crippen molar-refractivity contribution in [2.24, 2.45) is 10.8 Å². The minimum Gasteiger partial charge on any atom is -0.334 e. The largest absolute Gasteiger partial charge is 0.334 e. The lowest BCUT2D eigenvalue weighted by Gasteiger charge is -2.59. The lowest BCUT2D eigenvalue weighted by atomic mass is 9.52. The molecule has 8 aromatic rings. The summed E-state index contributed by atoms with van der Waals surface area (Å²) in [5.74, 6) is 0. The average molecular weight is 929 g/mol. The van der Waals surface area contributed by atoms with Gasteiger partial charge in [-0.25, -0.2) is 0 Å². The van der Waals surface area contributed by atoms with Crippen molar-refractivity contribution in [3.8, 4) is 33.4 Å². The third kappa shape index (κ3) is 5.72. The number of para-hydroxylation sites is 2. The molecule has 358 valence electrons. The number of benzene rings is 8. The molecule has 13 rings (SSSR count). The quantitative estimate of drug-likeness (QED) is 0.162. The van der Waals surface area contributed by atoms with Crippen LogP contribution in [0, 0.1) is 10.8 Å². The van der Waals surface area contributed by atoms with E-state index in [9.17, 15) is 0 Å². The van der Waals surface area contributed by atoms with Crippen LogP contribution in [0.4, 0.5) is 22.7 Å². The second kappa shape index (κ2) is 15.0. The molecule has 8 aromatic carbocycles. The summed E-state index contributed by atoms with van der Waals surface area (Å²) in [6.07, 6.45) is 9.86. The Labute approximate surface area is 424 Å². The molecule has 2 aliphatic heterocycles. The van der Waals surface area contributed by atoms with E-state index in [0.717, 1.165) is 0 Å². The fourth-order valence-electron chi connectivity index (χ4n) is 17.1. The van der Waals surface area contributed by atoms with E-state index in [0.29, 0.717) is 0 Å². The van der Waals surface area contributed by atoms with Crippen LogP contribution in [0.15, 0.2) is 158 Å². The van der Waals surface area contributed by atoms with Gasteiger partial charge in [0.25, 0.3) is 0 Å². The van der Waals surface area contributed by atoms with Gasteiger partial charge < -0.3 is 9.80 Å². The minimum atomic E-state index is -0.206. The van der Waals surface area contributed by atoms with Crippen LogP contribution in [-0.4, -0.2) is 11.1 Å². The fourth-order valence-corrected chi connectivity index (χ4v) is 17.1. The predicted molar refractivity (Wildman–Crippen MR) is 303 cm³/mol. The summed E-state index contributed by atoms with van der Waals surface area (Å²) in [4.78, 5) is 5.54. The van der Waals surface area contributed by atoms with Crippen LogP contribution in [0.1, 0.15) is 143 Å². The maximum absolute atomic E-state index is 2.77. The van der Waals surface area contributed by atoms with Gasteiger partial charge in [0.1, 0.15) is 0 Å². The number of anilines is 4. The van der Waals surface area contributed by atoms with Gasteiger partial charge in [-0.2, -0.15) is 0 Å². The highest BCUT2D eigenvalue weighted by molar-refractivity contribution is 6.19. The SMILES string of the molecule is CC1(C)c2cc(-c3ccc4c(c3)C3(C)CCCCC3(C(C)(C)C)N4c3ccccc3)ccc2-c2c1c1ccc(-c3ccc4c(c3)C3(C)CCCCC3(C(C)(C)C)N4c3ccccc3)cc1c1ccccc21. The van der Waals surface area contributed by atoms with Crippen molar-refractivity contribution in [3.63, 3.8) is 0 Å². The Morgan fingerprint density at radius 2 is 0.803 bits per heavy atom. The van der Waals surface area contributed by atoms with Crippen LogP contribution in [-0.2, 0) is 16.2 Å². The molecule has 0 amide bonds. The highest BCUT2D eigenvalue weighted by atomic mass is 15.3. The van der Waals surface area contributed by atoms with E-state index in [1.54, 1.807) is 0 Å². The van der Waals surface area contributed by atoms with Gasteiger partial charge in [0.2, 0.25) is 0 Å². The molecule has 4 unspecified atom stereocenters. The number of fused-ring (bicyclic) bond motifs is 14. The van der Waals surface area contributed by atoms with Crippen molar-refractivity contribution < 1.29 is 0 Å². The molecular formula is C69H72N2. The highest BCUT2D eigenvalue weighted by Crippen LogP contribution is 2.69. The number of hydrogen-bond donors (Lipinski definition) is 0. The van der Waals surface area contributed by atoms with Gasteiger partial charge in [0.15, 0.2) is 0 Å². The molecule has 0 aromatic heterocycles. The lowest BCUT2D eigenvalue weighted by Crippen LogP contribution is -2.64. The van der Waals surface area contributed by atoms with Crippen LogP contribution in [0.5, 0.6) is 0 Å². The maximum atomic E-state index is 2.77. The molecule has 2 saturated carbocycles. The van der Waals surface area contributed by atoms with E-state index in [2.05, 4.69) is 237 Å². The number of hydrogen-bond acceptors (Lipinski definition) is 2. The molecule has 0 radical (unpaired) electrons. The summed E-state index contributed by atoms with van der Waals surface area (Å²) < 4.78 is 0. The van der Waals surface area contributed by atoms with Crippen LogP contribution >= 0.6 is 0 Å². The summed E-state index contributed by atoms with van der Waals surface area (Å²) in [6.45, 7) is 25.1. The molecule has 5 aliphatic rings. The Morgan fingerprint density at radius 1 is 0.380 bits per heavy atom. The first-order chi connectivity index (χ1) is 34.0. The summed E-state index contributed by atoms with van der Waals surface area (Å²) >= 11 is 0. The summed E-state index contributed by atoms with van der Waals surface area (Å²) in [5, 5.41) is 5.41. The molecule has 4 atom stereocenters. The first-order valence-corrected chi connectivity index (χ1v) is 27.1. The summed E-state index contributed by atoms with van der Waals surface area (Å²) in [7, 11) is 0. The van der Waals surface area contributed by atoms with Crippen molar-refractivity contribution in [2.75, 3.05) is 9.80 Å². The van der Waals surface area contributed by atoms with Crippen molar-refractivity contribution in [3.05, 3.63) is 180 Å². The zero-order valence-electron chi connectivity index (χ0n) is 44.1. The van der Waals surface area contributed by atoms with Gasteiger partial charge in [-0.1, -0.05) is 192 Å². The van der Waals surface area contributed by atoms with Crippen molar-refractivity contribution in [2.45, 2.75) is 148 Å². The second-order valence-corrected chi connectivity index (χ2v) is 25.5. The van der Waals surface area contributed by atoms with E-state index in [4.69, 9.17) is 0 Å². The molecule has 0 spiro atoms. The second-order valence-electron chi connectivity index (χ2n) is 25.5. The molecule has 0 N–H and O–H groups in total. The Morgan fingerprint density at radius 3 is 1.31 bits per heavy atom. The molecule has 0 saturated heterocycles. The van der Waals surface area contributed by atoms with Gasteiger partial charge in [0, 0.05) is 39.0 Å². The zero-order chi connectivity index (χ0) is 49.1. The lowest BCUT2D eigenvalue weighted by molar-refractivity contribution is 0.0607.